The molecule has 1 aromatic heterocycles. The highest BCUT2D eigenvalue weighted by molar-refractivity contribution is 6.20. The summed E-state index contributed by atoms with van der Waals surface area (Å²) >= 11 is 0. The van der Waals surface area contributed by atoms with E-state index >= 15 is 0 Å². The van der Waals surface area contributed by atoms with E-state index in [0.29, 0.717) is 12.8 Å². The van der Waals surface area contributed by atoms with E-state index in [1.165, 1.54) is 6.92 Å². The lowest BCUT2D eigenvalue weighted by molar-refractivity contribution is -0.117. The number of allylic oxidation sites excluding steroid dienone is 2. The van der Waals surface area contributed by atoms with Crippen LogP contribution < -0.4 is 0 Å². The van der Waals surface area contributed by atoms with E-state index in [1.807, 2.05) is 0 Å². The number of nitrogens with zero attached hydrogens (tertiary/aromatic N) is 3. The van der Waals surface area contributed by atoms with Crippen LogP contribution in [0.5, 0.6) is 0 Å². The van der Waals surface area contributed by atoms with E-state index in [0.717, 1.165) is 29.1 Å². The van der Waals surface area contributed by atoms with Gasteiger partial charge in [0.05, 0.1) is 17.9 Å². The minimum absolute atomic E-state index is 0.0875. The van der Waals surface area contributed by atoms with Crippen molar-refractivity contribution in [2.24, 2.45) is 0 Å². The molecule has 0 unspecified atom stereocenters. The van der Waals surface area contributed by atoms with Gasteiger partial charge in [0.1, 0.15) is 5.78 Å². The molecule has 0 radical (unpaired) electrons. The van der Waals surface area contributed by atoms with Crippen LogP contribution in [0, 0.1) is 0 Å². The zero-order valence-corrected chi connectivity index (χ0v) is 11.8. The summed E-state index contributed by atoms with van der Waals surface area (Å²) in [5, 5.41) is 0. The Balaban J connectivity index is 2.02. The highest BCUT2D eigenvalue weighted by Gasteiger charge is 2.39. The van der Waals surface area contributed by atoms with E-state index in [2.05, 4.69) is 22.1 Å². The van der Waals surface area contributed by atoms with Crippen LogP contribution in [-0.4, -0.2) is 39.0 Å². The van der Waals surface area contributed by atoms with Crippen LogP contribution >= 0.6 is 0 Å². The first kappa shape index (κ1) is 13.6. The Labute approximate surface area is 121 Å². The van der Waals surface area contributed by atoms with Crippen LogP contribution in [0.4, 0.5) is 0 Å². The van der Waals surface area contributed by atoms with Crippen LogP contribution in [0.1, 0.15) is 52.1 Å². The SMILES string of the molecule is CC(=O)CN1C(=O)c2nc3c(nc2C1=O)CC/C=C/CC3. The van der Waals surface area contributed by atoms with Crippen molar-refractivity contribution >= 4 is 17.6 Å². The minimum Gasteiger partial charge on any atom is -0.298 e. The second-order valence-corrected chi connectivity index (χ2v) is 5.26. The molecule has 2 heterocycles. The monoisotopic (exact) mass is 285 g/mol. The fourth-order valence-electron chi connectivity index (χ4n) is 2.59. The number of carbonyl (C=O) groups excluding carboxylic acids is 3. The molecule has 0 saturated heterocycles. The summed E-state index contributed by atoms with van der Waals surface area (Å²) in [5.41, 5.74) is 1.74. The van der Waals surface area contributed by atoms with E-state index in [4.69, 9.17) is 0 Å². The van der Waals surface area contributed by atoms with Crippen molar-refractivity contribution in [2.45, 2.75) is 32.6 Å². The maximum Gasteiger partial charge on any atom is 0.282 e. The zero-order chi connectivity index (χ0) is 15.0. The van der Waals surface area contributed by atoms with Gasteiger partial charge < -0.3 is 0 Å². The molecule has 0 fully saturated rings. The summed E-state index contributed by atoms with van der Waals surface area (Å²) in [7, 11) is 0. The van der Waals surface area contributed by atoms with Gasteiger partial charge in [0.15, 0.2) is 11.4 Å². The Bertz CT molecular complexity index is 630. The Morgan fingerprint density at radius 1 is 1.05 bits per heavy atom. The van der Waals surface area contributed by atoms with Crippen molar-refractivity contribution in [3.63, 3.8) is 0 Å². The number of ketones is 1. The van der Waals surface area contributed by atoms with Gasteiger partial charge in [-0.05, 0) is 32.6 Å². The third-order valence-electron chi connectivity index (χ3n) is 3.59. The number of hydrogen-bond acceptors (Lipinski definition) is 5. The molecule has 3 rings (SSSR count). The van der Waals surface area contributed by atoms with E-state index in [9.17, 15) is 14.4 Å². The maximum atomic E-state index is 12.2. The van der Waals surface area contributed by atoms with Gasteiger partial charge in [0.25, 0.3) is 11.8 Å². The first-order valence-electron chi connectivity index (χ1n) is 6.98. The molecule has 0 atom stereocenters. The molecule has 2 aliphatic rings. The number of carbonyl (C=O) groups is 3. The van der Waals surface area contributed by atoms with Gasteiger partial charge in [-0.25, -0.2) is 9.97 Å². The molecule has 0 aromatic carbocycles. The predicted molar refractivity (Wildman–Crippen MR) is 73.9 cm³/mol. The van der Waals surface area contributed by atoms with E-state index < -0.39 is 11.8 Å². The maximum absolute atomic E-state index is 12.2. The Morgan fingerprint density at radius 2 is 1.52 bits per heavy atom. The lowest BCUT2D eigenvalue weighted by atomic mass is 10.1. The quantitative estimate of drug-likeness (QED) is 0.600. The van der Waals surface area contributed by atoms with Gasteiger partial charge in [-0.3, -0.25) is 19.3 Å². The van der Waals surface area contributed by atoms with Crippen LogP contribution in [-0.2, 0) is 17.6 Å². The van der Waals surface area contributed by atoms with Crippen molar-refractivity contribution in [2.75, 3.05) is 6.54 Å². The normalized spacial score (nSPS) is 18.8. The molecule has 6 nitrogen and oxygen atoms in total. The molecular weight excluding hydrogens is 270 g/mol. The third kappa shape index (κ3) is 2.37. The van der Waals surface area contributed by atoms with Gasteiger partial charge in [-0.2, -0.15) is 0 Å². The lowest BCUT2D eigenvalue weighted by Crippen LogP contribution is -2.34. The summed E-state index contributed by atoms with van der Waals surface area (Å²) < 4.78 is 0. The van der Waals surface area contributed by atoms with Gasteiger partial charge in [0.2, 0.25) is 0 Å². The second-order valence-electron chi connectivity index (χ2n) is 5.26. The highest BCUT2D eigenvalue weighted by Crippen LogP contribution is 2.23. The highest BCUT2D eigenvalue weighted by atomic mass is 16.2. The second kappa shape index (κ2) is 5.20. The molecule has 0 saturated carbocycles. The van der Waals surface area contributed by atoms with Crippen LogP contribution in [0.15, 0.2) is 12.2 Å². The number of fused-ring (bicyclic) bond motifs is 2. The Morgan fingerprint density at radius 3 is 1.95 bits per heavy atom. The van der Waals surface area contributed by atoms with Crippen molar-refractivity contribution in [1.82, 2.24) is 14.9 Å². The summed E-state index contributed by atoms with van der Waals surface area (Å²) in [6, 6.07) is 0. The van der Waals surface area contributed by atoms with Crippen LogP contribution in [0.25, 0.3) is 0 Å². The largest absolute Gasteiger partial charge is 0.298 e. The molecule has 2 amide bonds. The predicted octanol–water partition coefficient (Wildman–Crippen LogP) is 1.10. The molecule has 21 heavy (non-hydrogen) atoms. The first-order chi connectivity index (χ1) is 10.1. The summed E-state index contributed by atoms with van der Waals surface area (Å²) in [4.78, 5) is 45.3. The van der Waals surface area contributed by atoms with Gasteiger partial charge in [-0.1, -0.05) is 12.2 Å². The zero-order valence-electron chi connectivity index (χ0n) is 11.8. The molecule has 1 aromatic rings. The fourth-order valence-corrected chi connectivity index (χ4v) is 2.59. The molecule has 1 aliphatic carbocycles. The standard InChI is InChI=1S/C15H15N3O3/c1-9(19)8-18-14(20)12-13(15(18)21)17-11-7-5-3-2-4-6-10(11)16-12/h2-3H,4-8H2,1H3/b3-2+. The van der Waals surface area contributed by atoms with E-state index in [1.54, 1.807) is 0 Å². The first-order valence-corrected chi connectivity index (χ1v) is 6.98. The number of imide groups is 1. The summed E-state index contributed by atoms with van der Waals surface area (Å²) in [6.45, 7) is 1.12. The lowest BCUT2D eigenvalue weighted by Gasteiger charge is -2.09. The molecule has 108 valence electrons. The number of aryl methyl sites for hydroxylation is 2. The average molecular weight is 285 g/mol. The minimum atomic E-state index is -0.516. The Hall–Kier alpha value is -2.37. The molecule has 1 aliphatic heterocycles. The van der Waals surface area contributed by atoms with Crippen molar-refractivity contribution in [3.05, 3.63) is 34.9 Å². The molecule has 0 spiro atoms. The third-order valence-corrected chi connectivity index (χ3v) is 3.59. The number of amides is 2. The van der Waals surface area contributed by atoms with Crippen molar-refractivity contribution in [1.29, 1.82) is 0 Å². The topological polar surface area (TPSA) is 80.2 Å². The van der Waals surface area contributed by atoms with Gasteiger partial charge >= 0.3 is 0 Å². The summed E-state index contributed by atoms with van der Waals surface area (Å²) in [6.07, 6.45) is 7.29. The van der Waals surface area contributed by atoms with Crippen LogP contribution in [0.3, 0.4) is 0 Å². The fraction of sp³-hybridized carbons (Fsp3) is 0.400. The number of Topliss-reactive ketones (excluding diaryl/α,β-unsaturated/α-hetero) is 1. The van der Waals surface area contributed by atoms with Gasteiger partial charge in [-0.15, -0.1) is 0 Å². The van der Waals surface area contributed by atoms with E-state index in [-0.39, 0.29) is 23.7 Å². The molecule has 0 N–H and O–H groups in total. The molecule has 0 bridgehead atoms. The Kier molecular flexibility index (Phi) is 3.37. The summed E-state index contributed by atoms with van der Waals surface area (Å²) in [5.74, 6) is -1.27. The van der Waals surface area contributed by atoms with Gasteiger partial charge in [0, 0.05) is 0 Å². The molecular formula is C15H15N3O3. The van der Waals surface area contributed by atoms with Crippen molar-refractivity contribution in [3.8, 4) is 0 Å². The number of rotatable bonds is 2. The molecule has 6 heteroatoms. The van der Waals surface area contributed by atoms with Crippen molar-refractivity contribution < 1.29 is 14.4 Å². The average Bonchev–Trinajstić information content (AvgIpc) is 2.63. The number of hydrogen-bond donors (Lipinski definition) is 0. The van der Waals surface area contributed by atoms with Crippen LogP contribution in [0.2, 0.25) is 0 Å². The number of aromatic nitrogens is 2. The smallest absolute Gasteiger partial charge is 0.282 e.